The highest BCUT2D eigenvalue weighted by Crippen LogP contribution is 2.31. The predicted octanol–water partition coefficient (Wildman–Crippen LogP) is 4.58. The SMILES string of the molecule is CCS(=O)(=O)O.COc1nc(NCCc2ccc(Cl)cc2Cl)cc(-c2cccc(C(F)(F)C(N)=O)c2)n1. The molecular formula is C23H24Cl2F2N4O5S. The molecule has 3 rings (SSSR count). The molecular weight excluding hydrogens is 553 g/mol. The van der Waals surface area contributed by atoms with Crippen molar-refractivity contribution in [1.29, 1.82) is 0 Å². The highest BCUT2D eigenvalue weighted by atomic mass is 35.5. The average molecular weight is 577 g/mol. The molecule has 0 unspecified atom stereocenters. The molecule has 1 heterocycles. The van der Waals surface area contributed by atoms with Gasteiger partial charge < -0.3 is 15.8 Å². The summed E-state index contributed by atoms with van der Waals surface area (Å²) in [6.45, 7) is 1.86. The Hall–Kier alpha value is -3.06. The number of aromatic nitrogens is 2. The van der Waals surface area contributed by atoms with E-state index >= 15 is 0 Å². The highest BCUT2D eigenvalue weighted by Gasteiger charge is 2.38. The van der Waals surface area contributed by atoms with Crippen molar-refractivity contribution in [3.05, 3.63) is 69.7 Å². The van der Waals surface area contributed by atoms with Crippen molar-refractivity contribution in [2.75, 3.05) is 24.7 Å². The van der Waals surface area contributed by atoms with Crippen molar-refractivity contribution >= 4 is 45.0 Å². The zero-order chi connectivity index (χ0) is 27.8. The summed E-state index contributed by atoms with van der Waals surface area (Å²) in [5, 5.41) is 4.25. The van der Waals surface area contributed by atoms with Crippen LogP contribution in [0.25, 0.3) is 11.3 Å². The van der Waals surface area contributed by atoms with E-state index in [1.165, 1.54) is 20.1 Å². The van der Waals surface area contributed by atoms with Gasteiger partial charge in [-0.1, -0.05) is 47.5 Å². The molecule has 1 aromatic heterocycles. The van der Waals surface area contributed by atoms with E-state index in [9.17, 15) is 22.0 Å². The summed E-state index contributed by atoms with van der Waals surface area (Å²) >= 11 is 12.1. The lowest BCUT2D eigenvalue weighted by molar-refractivity contribution is -0.143. The zero-order valence-corrected chi connectivity index (χ0v) is 22.0. The Morgan fingerprint density at radius 1 is 1.16 bits per heavy atom. The Labute approximate surface area is 222 Å². The average Bonchev–Trinajstić information content (AvgIpc) is 2.85. The van der Waals surface area contributed by atoms with Crippen molar-refractivity contribution in [3.63, 3.8) is 0 Å². The number of hydrogen-bond acceptors (Lipinski definition) is 7. The van der Waals surface area contributed by atoms with E-state index in [1.807, 2.05) is 6.07 Å². The number of rotatable bonds is 9. The number of methoxy groups -OCH3 is 1. The largest absolute Gasteiger partial charge is 0.467 e. The second-order valence-electron chi connectivity index (χ2n) is 7.43. The summed E-state index contributed by atoms with van der Waals surface area (Å²) in [7, 11) is -2.27. The Morgan fingerprint density at radius 3 is 2.41 bits per heavy atom. The van der Waals surface area contributed by atoms with E-state index in [-0.39, 0.29) is 11.8 Å². The molecule has 3 aromatic rings. The van der Waals surface area contributed by atoms with Crippen LogP contribution in [0.4, 0.5) is 14.6 Å². The molecule has 37 heavy (non-hydrogen) atoms. The molecule has 0 aliphatic carbocycles. The number of nitrogens with two attached hydrogens (primary N) is 1. The summed E-state index contributed by atoms with van der Waals surface area (Å²) in [5.74, 6) is -5.30. The van der Waals surface area contributed by atoms with Crippen LogP contribution >= 0.6 is 23.2 Å². The Kier molecular flexibility index (Phi) is 10.6. The van der Waals surface area contributed by atoms with Gasteiger partial charge in [-0.3, -0.25) is 9.35 Å². The van der Waals surface area contributed by atoms with Gasteiger partial charge in [0.05, 0.1) is 18.6 Å². The molecule has 2 aromatic carbocycles. The minimum Gasteiger partial charge on any atom is -0.467 e. The molecule has 0 aliphatic rings. The number of carbonyl (C=O) groups is 1. The molecule has 0 radical (unpaired) electrons. The minimum absolute atomic E-state index is 0.0524. The first-order chi connectivity index (χ1) is 17.3. The van der Waals surface area contributed by atoms with Crippen LogP contribution in [0.3, 0.4) is 0 Å². The lowest BCUT2D eigenvalue weighted by Crippen LogP contribution is -2.32. The number of benzene rings is 2. The van der Waals surface area contributed by atoms with Crippen molar-refractivity contribution in [2.45, 2.75) is 19.3 Å². The Balaban J connectivity index is 0.000000717. The summed E-state index contributed by atoms with van der Waals surface area (Å²) < 4.78 is 60.1. The fraction of sp³-hybridized carbons (Fsp3) is 0.261. The Morgan fingerprint density at radius 2 is 1.84 bits per heavy atom. The van der Waals surface area contributed by atoms with Gasteiger partial charge in [-0.2, -0.15) is 27.2 Å². The second kappa shape index (κ2) is 13.0. The van der Waals surface area contributed by atoms with Crippen molar-refractivity contribution in [3.8, 4) is 17.3 Å². The van der Waals surface area contributed by atoms with Gasteiger partial charge in [0, 0.05) is 33.8 Å². The van der Waals surface area contributed by atoms with Crippen molar-refractivity contribution in [1.82, 2.24) is 9.97 Å². The summed E-state index contributed by atoms with van der Waals surface area (Å²) in [5.41, 5.74) is 5.88. The van der Waals surface area contributed by atoms with E-state index in [4.69, 9.17) is 38.2 Å². The molecule has 0 fully saturated rings. The summed E-state index contributed by atoms with van der Waals surface area (Å²) in [6, 6.07) is 12.2. The molecule has 0 saturated heterocycles. The third-order valence-electron chi connectivity index (χ3n) is 4.80. The van der Waals surface area contributed by atoms with Crippen LogP contribution in [0, 0.1) is 0 Å². The van der Waals surface area contributed by atoms with Crippen LogP contribution in [0.5, 0.6) is 6.01 Å². The number of ether oxygens (including phenoxy) is 1. The maximum absolute atomic E-state index is 14.0. The van der Waals surface area contributed by atoms with Crippen molar-refractivity contribution < 1.29 is 31.3 Å². The molecule has 4 N–H and O–H groups in total. The second-order valence-corrected chi connectivity index (χ2v) is 10.0. The molecule has 14 heteroatoms. The fourth-order valence-corrected chi connectivity index (χ4v) is 3.32. The van der Waals surface area contributed by atoms with Gasteiger partial charge in [0.15, 0.2) is 0 Å². The topological polar surface area (TPSA) is 144 Å². The van der Waals surface area contributed by atoms with E-state index < -0.39 is 27.5 Å². The zero-order valence-electron chi connectivity index (χ0n) is 19.7. The molecule has 0 spiro atoms. The lowest BCUT2D eigenvalue weighted by atomic mass is 10.0. The standard InChI is InChI=1S/C21H18Cl2F2N4O2.C2H6O3S/c1-31-20-28-17(13-3-2-4-14(9-13)21(24,25)19(26)30)11-18(29-20)27-8-7-12-5-6-15(22)10-16(12)23;1-2-6(3,4)5/h2-6,9-11H,7-8H2,1H3,(H2,26,30)(H,27,28,29);2H2,1H3,(H,3,4,5). The monoisotopic (exact) mass is 576 g/mol. The van der Waals surface area contributed by atoms with Gasteiger partial charge in [0.1, 0.15) is 5.82 Å². The summed E-state index contributed by atoms with van der Waals surface area (Å²) in [6.07, 6.45) is 0.595. The van der Waals surface area contributed by atoms with E-state index in [1.54, 1.807) is 24.3 Å². The molecule has 0 atom stereocenters. The number of nitrogens with one attached hydrogen (secondary N) is 1. The number of anilines is 1. The molecule has 1 amide bonds. The molecule has 0 saturated carbocycles. The number of halogens is 4. The number of carbonyl (C=O) groups excluding carboxylic acids is 1. The number of nitrogens with zero attached hydrogens (tertiary/aromatic N) is 2. The van der Waals surface area contributed by atoms with Gasteiger partial charge in [0.25, 0.3) is 16.0 Å². The quantitative estimate of drug-likeness (QED) is 0.314. The number of amides is 1. The van der Waals surface area contributed by atoms with Crippen LogP contribution in [0.2, 0.25) is 10.0 Å². The van der Waals surface area contributed by atoms with E-state index in [0.717, 1.165) is 17.7 Å². The van der Waals surface area contributed by atoms with Crippen LogP contribution in [0.15, 0.2) is 48.5 Å². The van der Waals surface area contributed by atoms with E-state index in [2.05, 4.69) is 15.3 Å². The maximum Gasteiger partial charge on any atom is 0.349 e. The number of alkyl halides is 2. The molecule has 9 nitrogen and oxygen atoms in total. The van der Waals surface area contributed by atoms with Crippen LogP contribution in [-0.2, 0) is 27.3 Å². The molecule has 0 aliphatic heterocycles. The third-order valence-corrected chi connectivity index (χ3v) is 6.12. The first kappa shape index (κ1) is 30.2. The molecule has 0 bridgehead atoms. The predicted molar refractivity (Wildman–Crippen MR) is 138 cm³/mol. The fourth-order valence-electron chi connectivity index (χ4n) is 2.82. The van der Waals surface area contributed by atoms with E-state index in [0.29, 0.717) is 40.1 Å². The smallest absolute Gasteiger partial charge is 0.349 e. The van der Waals surface area contributed by atoms with Crippen LogP contribution in [-0.4, -0.2) is 48.3 Å². The van der Waals surface area contributed by atoms with Crippen molar-refractivity contribution in [2.24, 2.45) is 5.73 Å². The third kappa shape index (κ3) is 9.08. The van der Waals surface area contributed by atoms with Crippen LogP contribution < -0.4 is 15.8 Å². The van der Waals surface area contributed by atoms with Gasteiger partial charge in [-0.15, -0.1) is 0 Å². The van der Waals surface area contributed by atoms with Crippen LogP contribution in [0.1, 0.15) is 18.1 Å². The van der Waals surface area contributed by atoms with Gasteiger partial charge in [-0.05, 0) is 37.1 Å². The summed E-state index contributed by atoms with van der Waals surface area (Å²) in [4.78, 5) is 19.5. The first-order valence-corrected chi connectivity index (χ1v) is 13.0. The highest BCUT2D eigenvalue weighted by molar-refractivity contribution is 7.85. The maximum atomic E-state index is 14.0. The number of hydrogen-bond donors (Lipinski definition) is 3. The van der Waals surface area contributed by atoms with Gasteiger partial charge in [-0.25, -0.2) is 0 Å². The van der Waals surface area contributed by atoms with Gasteiger partial charge >= 0.3 is 11.9 Å². The lowest BCUT2D eigenvalue weighted by Gasteiger charge is -2.14. The first-order valence-electron chi connectivity index (χ1n) is 10.6. The Bertz CT molecular complexity index is 1360. The normalized spacial score (nSPS) is 11.3. The van der Waals surface area contributed by atoms with Gasteiger partial charge in [0.2, 0.25) is 0 Å². The number of primary amides is 1. The minimum atomic E-state index is -3.80. The molecule has 200 valence electrons.